The van der Waals surface area contributed by atoms with Crippen LogP contribution in [0, 0.1) is 0 Å². The van der Waals surface area contributed by atoms with Crippen LogP contribution in [0.4, 0.5) is 10.6 Å². The van der Waals surface area contributed by atoms with Gasteiger partial charge in [0.05, 0.1) is 0 Å². The van der Waals surface area contributed by atoms with Crippen LogP contribution in [-0.4, -0.2) is 15.9 Å². The molecule has 0 aliphatic heterocycles. The van der Waals surface area contributed by atoms with Gasteiger partial charge in [0, 0.05) is 13.1 Å². The number of nitrogens with one attached hydrogen (secondary N) is 1. The van der Waals surface area contributed by atoms with E-state index in [-0.39, 0.29) is 6.61 Å². The summed E-state index contributed by atoms with van der Waals surface area (Å²) < 4.78 is 7.45. The Morgan fingerprint density at radius 2 is 2.17 bits per heavy atom. The Labute approximate surface area is 113 Å². The summed E-state index contributed by atoms with van der Waals surface area (Å²) in [7, 11) is 1.77. The van der Waals surface area contributed by atoms with Crippen molar-refractivity contribution in [3.63, 3.8) is 0 Å². The van der Waals surface area contributed by atoms with Crippen molar-refractivity contribution in [2.24, 2.45) is 7.05 Å². The zero-order valence-electron chi connectivity index (χ0n) is 9.76. The molecule has 5 nitrogen and oxygen atoms in total. The van der Waals surface area contributed by atoms with E-state index >= 15 is 0 Å². The lowest BCUT2D eigenvalue weighted by Gasteiger charge is -2.04. The molecule has 1 heterocycles. The second-order valence-corrected chi connectivity index (χ2v) is 4.48. The summed E-state index contributed by atoms with van der Waals surface area (Å²) in [5.74, 6) is 0.447. The van der Waals surface area contributed by atoms with E-state index in [4.69, 9.17) is 4.74 Å². The Hall–Kier alpha value is -1.82. The molecule has 0 aliphatic rings. The van der Waals surface area contributed by atoms with Gasteiger partial charge in [-0.05, 0) is 21.5 Å². The standard InChI is InChI=1S/C12H12BrN3O2/c1-16-10(13)7-11(15-16)14-12(17)18-8-9-5-3-2-4-6-9/h2-7H,8H2,1H3,(H,14,15,17). The van der Waals surface area contributed by atoms with E-state index in [1.54, 1.807) is 17.8 Å². The third-order valence-corrected chi connectivity index (χ3v) is 3.01. The number of hydrogen-bond acceptors (Lipinski definition) is 3. The Bertz CT molecular complexity index is 520. The number of carbonyl (C=O) groups is 1. The smallest absolute Gasteiger partial charge is 0.413 e. The minimum Gasteiger partial charge on any atom is -0.444 e. The number of nitrogens with zero attached hydrogens (tertiary/aromatic N) is 2. The lowest BCUT2D eigenvalue weighted by molar-refractivity contribution is 0.155. The van der Waals surface area contributed by atoms with E-state index in [1.165, 1.54) is 0 Å². The molecule has 0 aliphatic carbocycles. The van der Waals surface area contributed by atoms with Gasteiger partial charge < -0.3 is 4.74 Å². The van der Waals surface area contributed by atoms with E-state index in [0.717, 1.165) is 10.2 Å². The van der Waals surface area contributed by atoms with Gasteiger partial charge in [0.15, 0.2) is 5.82 Å². The first-order valence-electron chi connectivity index (χ1n) is 5.32. The molecule has 1 N–H and O–H groups in total. The number of amides is 1. The van der Waals surface area contributed by atoms with Gasteiger partial charge in [-0.1, -0.05) is 30.3 Å². The first-order valence-corrected chi connectivity index (χ1v) is 6.11. The van der Waals surface area contributed by atoms with Crippen LogP contribution in [0.2, 0.25) is 0 Å². The number of aryl methyl sites for hydroxylation is 1. The normalized spacial score (nSPS) is 10.1. The van der Waals surface area contributed by atoms with Crippen molar-refractivity contribution in [3.05, 3.63) is 46.6 Å². The summed E-state index contributed by atoms with van der Waals surface area (Å²) in [5.41, 5.74) is 0.940. The van der Waals surface area contributed by atoms with E-state index < -0.39 is 6.09 Å². The molecule has 2 rings (SSSR count). The molecule has 2 aromatic rings. The molecule has 18 heavy (non-hydrogen) atoms. The van der Waals surface area contributed by atoms with E-state index in [0.29, 0.717) is 5.82 Å². The number of anilines is 1. The monoisotopic (exact) mass is 309 g/mol. The highest BCUT2D eigenvalue weighted by Gasteiger charge is 2.07. The molecule has 0 fully saturated rings. The van der Waals surface area contributed by atoms with Gasteiger partial charge in [-0.25, -0.2) is 4.79 Å². The molecule has 0 radical (unpaired) electrons. The maximum Gasteiger partial charge on any atom is 0.413 e. The second-order valence-electron chi connectivity index (χ2n) is 3.66. The second kappa shape index (κ2) is 5.68. The third-order valence-electron chi connectivity index (χ3n) is 2.27. The van der Waals surface area contributed by atoms with Gasteiger partial charge in [-0.15, -0.1) is 0 Å². The zero-order valence-corrected chi connectivity index (χ0v) is 11.3. The fraction of sp³-hybridized carbons (Fsp3) is 0.167. The van der Waals surface area contributed by atoms with Crippen LogP contribution in [0.3, 0.4) is 0 Å². The van der Waals surface area contributed by atoms with E-state index in [9.17, 15) is 4.79 Å². The molecule has 94 valence electrons. The molecular formula is C12H12BrN3O2. The van der Waals surface area contributed by atoms with Crippen LogP contribution < -0.4 is 5.32 Å². The summed E-state index contributed by atoms with van der Waals surface area (Å²) in [4.78, 5) is 11.5. The molecule has 1 aromatic heterocycles. The number of ether oxygens (including phenoxy) is 1. The summed E-state index contributed by atoms with van der Waals surface area (Å²) >= 11 is 3.29. The lowest BCUT2D eigenvalue weighted by atomic mass is 10.2. The topological polar surface area (TPSA) is 56.2 Å². The summed E-state index contributed by atoms with van der Waals surface area (Å²) in [6.07, 6.45) is -0.524. The molecule has 6 heteroatoms. The van der Waals surface area contributed by atoms with E-state index in [1.807, 2.05) is 30.3 Å². The highest BCUT2D eigenvalue weighted by atomic mass is 79.9. The van der Waals surface area contributed by atoms with Crippen molar-refractivity contribution in [2.75, 3.05) is 5.32 Å². The molecule has 0 saturated carbocycles. The maximum absolute atomic E-state index is 11.5. The summed E-state index contributed by atoms with van der Waals surface area (Å²) in [5, 5.41) is 6.61. The molecular weight excluding hydrogens is 298 g/mol. The molecule has 1 aromatic carbocycles. The minimum absolute atomic E-state index is 0.237. The summed E-state index contributed by atoms with van der Waals surface area (Å²) in [6, 6.07) is 11.2. The number of aromatic nitrogens is 2. The van der Waals surface area contributed by atoms with Crippen LogP contribution in [0.1, 0.15) is 5.56 Å². The van der Waals surface area contributed by atoms with Gasteiger partial charge in [-0.3, -0.25) is 10.00 Å². The van der Waals surface area contributed by atoms with Crippen molar-refractivity contribution < 1.29 is 9.53 Å². The van der Waals surface area contributed by atoms with Crippen LogP contribution in [-0.2, 0) is 18.4 Å². The number of halogens is 1. The zero-order chi connectivity index (χ0) is 13.0. The van der Waals surface area contributed by atoms with Crippen molar-refractivity contribution in [2.45, 2.75) is 6.61 Å². The van der Waals surface area contributed by atoms with E-state index in [2.05, 4.69) is 26.3 Å². The predicted molar refractivity (Wildman–Crippen MR) is 71.2 cm³/mol. The van der Waals surface area contributed by atoms with Crippen LogP contribution >= 0.6 is 15.9 Å². The van der Waals surface area contributed by atoms with Crippen molar-refractivity contribution in [1.29, 1.82) is 0 Å². The summed E-state index contributed by atoms with van der Waals surface area (Å²) in [6.45, 7) is 0.237. The number of benzene rings is 1. The molecule has 1 amide bonds. The number of rotatable bonds is 3. The SMILES string of the molecule is Cn1nc(NC(=O)OCc2ccccc2)cc1Br. The molecule has 0 spiro atoms. The highest BCUT2D eigenvalue weighted by molar-refractivity contribution is 9.10. The Morgan fingerprint density at radius 1 is 1.44 bits per heavy atom. The lowest BCUT2D eigenvalue weighted by Crippen LogP contribution is -2.14. The Kier molecular flexibility index (Phi) is 3.99. The Morgan fingerprint density at radius 3 is 2.78 bits per heavy atom. The van der Waals surface area contributed by atoms with Gasteiger partial charge in [0.2, 0.25) is 0 Å². The largest absolute Gasteiger partial charge is 0.444 e. The van der Waals surface area contributed by atoms with Crippen LogP contribution in [0.15, 0.2) is 41.0 Å². The third kappa shape index (κ3) is 3.33. The van der Waals surface area contributed by atoms with Crippen molar-refractivity contribution in [1.82, 2.24) is 9.78 Å². The average molecular weight is 310 g/mol. The number of hydrogen-bond donors (Lipinski definition) is 1. The average Bonchev–Trinajstić information content (AvgIpc) is 2.67. The van der Waals surface area contributed by atoms with Gasteiger partial charge in [0.1, 0.15) is 11.2 Å². The fourth-order valence-corrected chi connectivity index (χ4v) is 1.67. The van der Waals surface area contributed by atoms with Crippen molar-refractivity contribution in [3.8, 4) is 0 Å². The fourth-order valence-electron chi connectivity index (χ4n) is 1.37. The highest BCUT2D eigenvalue weighted by Crippen LogP contribution is 2.14. The molecule has 0 unspecified atom stereocenters. The molecule has 0 atom stereocenters. The Balaban J connectivity index is 1.86. The number of carbonyl (C=O) groups excluding carboxylic acids is 1. The first kappa shape index (κ1) is 12.6. The van der Waals surface area contributed by atoms with Gasteiger partial charge >= 0.3 is 6.09 Å². The minimum atomic E-state index is -0.524. The molecule has 0 bridgehead atoms. The van der Waals surface area contributed by atoms with Crippen LogP contribution in [0.5, 0.6) is 0 Å². The first-order chi connectivity index (χ1) is 8.65. The van der Waals surface area contributed by atoms with Gasteiger partial charge in [0.25, 0.3) is 0 Å². The van der Waals surface area contributed by atoms with Gasteiger partial charge in [-0.2, -0.15) is 5.10 Å². The van der Waals surface area contributed by atoms with Crippen molar-refractivity contribution >= 4 is 27.8 Å². The maximum atomic E-state index is 11.5. The predicted octanol–water partition coefficient (Wildman–Crippen LogP) is 2.93. The quantitative estimate of drug-likeness (QED) is 0.948. The van der Waals surface area contributed by atoms with Crippen LogP contribution in [0.25, 0.3) is 0 Å². The molecule has 0 saturated heterocycles.